The first-order chi connectivity index (χ1) is 15.2. The number of likely N-dealkylation sites (tertiary alicyclic amines) is 1. The molecule has 0 radical (unpaired) electrons. The van der Waals surface area contributed by atoms with Crippen LogP contribution < -0.4 is 5.32 Å². The summed E-state index contributed by atoms with van der Waals surface area (Å²) in [5, 5.41) is 3.12. The van der Waals surface area contributed by atoms with Crippen molar-refractivity contribution in [1.82, 2.24) is 20.1 Å². The molecule has 164 valence electrons. The van der Waals surface area contributed by atoms with E-state index in [2.05, 4.69) is 15.2 Å². The van der Waals surface area contributed by atoms with Gasteiger partial charge in [0.25, 0.3) is 0 Å². The van der Waals surface area contributed by atoms with Gasteiger partial charge in [-0.2, -0.15) is 0 Å². The molecule has 0 aliphatic carbocycles. The first kappa shape index (κ1) is 20.2. The highest BCUT2D eigenvalue weighted by Crippen LogP contribution is 2.42. The Labute approximate surface area is 182 Å². The van der Waals surface area contributed by atoms with Crippen LogP contribution in [-0.4, -0.2) is 58.3 Å². The zero-order valence-corrected chi connectivity index (χ0v) is 17.8. The maximum Gasteiger partial charge on any atom is 0.243 e. The number of aromatic nitrogens is 1. The van der Waals surface area contributed by atoms with Gasteiger partial charge in [0.15, 0.2) is 0 Å². The molecule has 5 heterocycles. The minimum absolute atomic E-state index is 0.00700. The molecule has 0 spiro atoms. The molecule has 3 aliphatic rings. The molecule has 1 N–H and O–H groups in total. The molecule has 3 saturated heterocycles. The number of piperidine rings is 3. The smallest absolute Gasteiger partial charge is 0.243 e. The van der Waals surface area contributed by atoms with Crippen molar-refractivity contribution in [3.05, 3.63) is 54.2 Å². The van der Waals surface area contributed by atoms with E-state index in [1.165, 1.54) is 0 Å². The second-order valence-corrected chi connectivity index (χ2v) is 9.14. The predicted molar refractivity (Wildman–Crippen MR) is 115 cm³/mol. The highest BCUT2D eigenvalue weighted by Gasteiger charge is 2.51. The summed E-state index contributed by atoms with van der Waals surface area (Å²) >= 11 is 0. The van der Waals surface area contributed by atoms with Gasteiger partial charge in [-0.05, 0) is 55.4 Å². The Morgan fingerprint density at radius 1 is 1.23 bits per heavy atom. The van der Waals surface area contributed by atoms with E-state index in [0.29, 0.717) is 18.9 Å². The topological polar surface area (TPSA) is 78.7 Å². The monoisotopic (exact) mass is 422 g/mol. The summed E-state index contributed by atoms with van der Waals surface area (Å²) in [6, 6.07) is 7.64. The van der Waals surface area contributed by atoms with Crippen molar-refractivity contribution in [1.29, 1.82) is 0 Å². The lowest BCUT2D eigenvalue weighted by Crippen LogP contribution is -2.68. The summed E-state index contributed by atoms with van der Waals surface area (Å²) in [5.74, 6) is 1.68. The SMILES string of the molecule is O=C(NCCc1cccnc1)[C@H]1[C@@H]2C[C@@H](CN(Cc3ccco3)C2)[C@@H]2CCCC(=O)N21. The molecule has 5 rings (SSSR count). The van der Waals surface area contributed by atoms with Crippen LogP contribution in [0.5, 0.6) is 0 Å². The molecule has 2 amide bonds. The third-order valence-corrected chi connectivity index (χ3v) is 7.08. The van der Waals surface area contributed by atoms with Crippen LogP contribution in [-0.2, 0) is 22.6 Å². The second-order valence-electron chi connectivity index (χ2n) is 9.14. The number of carbonyl (C=O) groups excluding carboxylic acids is 2. The third kappa shape index (κ3) is 4.24. The Hall–Kier alpha value is -2.67. The summed E-state index contributed by atoms with van der Waals surface area (Å²) in [4.78, 5) is 34.8. The Bertz CT molecular complexity index is 901. The van der Waals surface area contributed by atoms with Gasteiger partial charge in [-0.25, -0.2) is 0 Å². The average Bonchev–Trinajstić information content (AvgIpc) is 3.28. The maximum absolute atomic E-state index is 13.4. The largest absolute Gasteiger partial charge is 0.468 e. The summed E-state index contributed by atoms with van der Waals surface area (Å²) < 4.78 is 5.56. The second kappa shape index (κ2) is 8.83. The zero-order valence-electron chi connectivity index (χ0n) is 17.8. The lowest BCUT2D eigenvalue weighted by atomic mass is 9.71. The standard InChI is InChI=1S/C24H30N4O3/c29-22-7-1-6-21-18-12-19(15-27(14-18)16-20-5-3-11-31-20)23(28(21)22)24(30)26-10-8-17-4-2-9-25-13-17/h2-5,9,11,13,18-19,21,23H,1,6-8,10,12,14-16H2,(H,26,30)/t18-,19+,21-,23+/m0/s1. The third-order valence-electron chi connectivity index (χ3n) is 7.08. The molecule has 3 fully saturated rings. The first-order valence-corrected chi connectivity index (χ1v) is 11.4. The number of nitrogens with one attached hydrogen (secondary N) is 1. The van der Waals surface area contributed by atoms with Gasteiger partial charge in [0.2, 0.25) is 11.8 Å². The van der Waals surface area contributed by atoms with Crippen molar-refractivity contribution in [2.75, 3.05) is 19.6 Å². The number of hydrogen-bond acceptors (Lipinski definition) is 5. The number of rotatable bonds is 6. The molecule has 0 saturated carbocycles. The molecular weight excluding hydrogens is 392 g/mol. The summed E-state index contributed by atoms with van der Waals surface area (Å²) in [6.07, 6.45) is 9.53. The summed E-state index contributed by atoms with van der Waals surface area (Å²) in [7, 11) is 0. The molecular formula is C24H30N4O3. The van der Waals surface area contributed by atoms with E-state index in [1.807, 2.05) is 35.4 Å². The Kier molecular flexibility index (Phi) is 5.76. The Balaban J connectivity index is 1.31. The van der Waals surface area contributed by atoms with E-state index < -0.39 is 0 Å². The van der Waals surface area contributed by atoms with Gasteiger partial charge in [0, 0.05) is 50.4 Å². The van der Waals surface area contributed by atoms with Crippen molar-refractivity contribution in [3.8, 4) is 0 Å². The summed E-state index contributed by atoms with van der Waals surface area (Å²) in [5.41, 5.74) is 1.10. The van der Waals surface area contributed by atoms with E-state index in [-0.39, 0.29) is 29.8 Å². The molecule has 2 aromatic heterocycles. The normalized spacial score (nSPS) is 28.3. The number of carbonyl (C=O) groups is 2. The fourth-order valence-electron chi connectivity index (χ4n) is 5.82. The van der Waals surface area contributed by atoms with Crippen LogP contribution >= 0.6 is 0 Å². The molecule has 2 bridgehead atoms. The molecule has 3 aliphatic heterocycles. The van der Waals surface area contributed by atoms with Gasteiger partial charge in [0.05, 0.1) is 12.8 Å². The van der Waals surface area contributed by atoms with Crippen molar-refractivity contribution in [2.24, 2.45) is 11.8 Å². The molecule has 2 aromatic rings. The number of pyridine rings is 1. The van der Waals surface area contributed by atoms with Crippen LogP contribution in [0.2, 0.25) is 0 Å². The maximum atomic E-state index is 13.4. The molecule has 7 nitrogen and oxygen atoms in total. The minimum atomic E-state index is -0.373. The number of nitrogens with zero attached hydrogens (tertiary/aromatic N) is 3. The van der Waals surface area contributed by atoms with Gasteiger partial charge in [0.1, 0.15) is 11.8 Å². The molecule has 4 atom stereocenters. The van der Waals surface area contributed by atoms with Crippen LogP contribution in [0.1, 0.15) is 37.0 Å². The van der Waals surface area contributed by atoms with E-state index in [4.69, 9.17) is 4.42 Å². The molecule has 7 heteroatoms. The number of furan rings is 1. The minimum Gasteiger partial charge on any atom is -0.468 e. The van der Waals surface area contributed by atoms with Gasteiger partial charge in [-0.3, -0.25) is 19.5 Å². The van der Waals surface area contributed by atoms with Crippen molar-refractivity contribution in [3.63, 3.8) is 0 Å². The Morgan fingerprint density at radius 2 is 2.13 bits per heavy atom. The van der Waals surface area contributed by atoms with Gasteiger partial charge >= 0.3 is 0 Å². The van der Waals surface area contributed by atoms with E-state index in [1.54, 1.807) is 12.5 Å². The van der Waals surface area contributed by atoms with Gasteiger partial charge in [-0.15, -0.1) is 0 Å². The lowest BCUT2D eigenvalue weighted by Gasteiger charge is -2.55. The highest BCUT2D eigenvalue weighted by atomic mass is 16.3. The molecule has 0 unspecified atom stereocenters. The highest BCUT2D eigenvalue weighted by molar-refractivity contribution is 5.89. The fourth-order valence-corrected chi connectivity index (χ4v) is 5.82. The van der Waals surface area contributed by atoms with Crippen LogP contribution in [0.15, 0.2) is 47.3 Å². The van der Waals surface area contributed by atoms with Gasteiger partial charge in [-0.1, -0.05) is 6.07 Å². The average molecular weight is 423 g/mol. The quantitative estimate of drug-likeness (QED) is 0.772. The van der Waals surface area contributed by atoms with Crippen molar-refractivity contribution in [2.45, 2.75) is 50.7 Å². The van der Waals surface area contributed by atoms with Crippen LogP contribution in [0.25, 0.3) is 0 Å². The van der Waals surface area contributed by atoms with E-state index in [9.17, 15) is 9.59 Å². The Morgan fingerprint density at radius 3 is 2.94 bits per heavy atom. The molecule has 31 heavy (non-hydrogen) atoms. The van der Waals surface area contributed by atoms with Crippen LogP contribution in [0, 0.1) is 11.8 Å². The van der Waals surface area contributed by atoms with Crippen molar-refractivity contribution >= 4 is 11.8 Å². The van der Waals surface area contributed by atoms with Crippen LogP contribution in [0.4, 0.5) is 0 Å². The fraction of sp³-hybridized carbons (Fsp3) is 0.542. The van der Waals surface area contributed by atoms with Crippen LogP contribution in [0.3, 0.4) is 0 Å². The first-order valence-electron chi connectivity index (χ1n) is 11.4. The molecule has 0 aromatic carbocycles. The predicted octanol–water partition coefficient (Wildman–Crippen LogP) is 2.23. The number of amides is 2. The zero-order chi connectivity index (χ0) is 21.2. The number of fused-ring (bicyclic) bond motifs is 4. The van der Waals surface area contributed by atoms with E-state index >= 15 is 0 Å². The van der Waals surface area contributed by atoms with Crippen molar-refractivity contribution < 1.29 is 14.0 Å². The number of hydrogen-bond donors (Lipinski definition) is 1. The van der Waals surface area contributed by atoms with E-state index in [0.717, 1.165) is 56.6 Å². The van der Waals surface area contributed by atoms with Gasteiger partial charge < -0.3 is 14.6 Å². The summed E-state index contributed by atoms with van der Waals surface area (Å²) in [6.45, 7) is 3.09. The lowest BCUT2D eigenvalue weighted by molar-refractivity contribution is -0.160.